The number of carbonyl (C=O) groups is 2. The third kappa shape index (κ3) is 4.29. The van der Waals surface area contributed by atoms with E-state index in [2.05, 4.69) is 15.3 Å². The largest absolute Gasteiger partial charge is 0.380 e. The van der Waals surface area contributed by atoms with Gasteiger partial charge in [-0.25, -0.2) is 27.9 Å². The SMILES string of the molecule is Cc1cc(C)nc(NC(=O)NS(=O)(=O)c2ccccc2C(=O)C2COC2)n1. The normalized spacial score (nSPS) is 14.3. The molecule has 27 heavy (non-hydrogen) atoms. The molecule has 0 spiro atoms. The maximum absolute atomic E-state index is 12.6. The van der Waals surface area contributed by atoms with E-state index in [-0.39, 0.29) is 41.3 Å². The Morgan fingerprint density at radius 1 is 1.11 bits per heavy atom. The minimum atomic E-state index is -4.27. The molecule has 0 saturated carbocycles. The second-order valence-electron chi connectivity index (χ2n) is 6.13. The van der Waals surface area contributed by atoms with E-state index >= 15 is 0 Å². The smallest absolute Gasteiger partial charge is 0.335 e. The second kappa shape index (κ2) is 7.41. The number of Topliss-reactive ketones (excluding diaryl/α,β-unsaturated/α-hetero) is 1. The summed E-state index contributed by atoms with van der Waals surface area (Å²) in [5.41, 5.74) is 1.27. The minimum Gasteiger partial charge on any atom is -0.380 e. The lowest BCUT2D eigenvalue weighted by molar-refractivity contribution is -0.0196. The van der Waals surface area contributed by atoms with Crippen LogP contribution in [0, 0.1) is 19.8 Å². The fourth-order valence-corrected chi connectivity index (χ4v) is 3.72. The first-order valence-corrected chi connectivity index (χ1v) is 9.61. The minimum absolute atomic E-state index is 0.0174. The summed E-state index contributed by atoms with van der Waals surface area (Å²) in [6, 6.07) is 6.43. The number of amides is 2. The van der Waals surface area contributed by atoms with Crippen LogP contribution in [-0.4, -0.2) is 43.4 Å². The average molecular weight is 390 g/mol. The number of ether oxygens (including phenoxy) is 1. The number of rotatable bonds is 5. The Bertz CT molecular complexity index is 982. The number of nitrogens with zero attached hydrogens (tertiary/aromatic N) is 2. The van der Waals surface area contributed by atoms with E-state index in [1.54, 1.807) is 26.0 Å². The number of ketones is 1. The summed E-state index contributed by atoms with van der Waals surface area (Å²) in [6.45, 7) is 3.96. The van der Waals surface area contributed by atoms with Gasteiger partial charge in [-0.15, -0.1) is 0 Å². The number of hydrogen-bond donors (Lipinski definition) is 2. The molecule has 3 rings (SSSR count). The molecule has 10 heteroatoms. The topological polar surface area (TPSA) is 127 Å². The van der Waals surface area contributed by atoms with E-state index in [1.807, 2.05) is 4.72 Å². The summed E-state index contributed by atoms with van der Waals surface area (Å²) in [7, 11) is -4.27. The monoisotopic (exact) mass is 390 g/mol. The van der Waals surface area contributed by atoms with Crippen molar-refractivity contribution in [1.82, 2.24) is 14.7 Å². The predicted octanol–water partition coefficient (Wildman–Crippen LogP) is 1.43. The van der Waals surface area contributed by atoms with Gasteiger partial charge in [0.2, 0.25) is 5.95 Å². The van der Waals surface area contributed by atoms with Gasteiger partial charge in [-0.2, -0.15) is 0 Å². The first-order chi connectivity index (χ1) is 12.8. The van der Waals surface area contributed by atoms with Crippen LogP contribution in [0.4, 0.5) is 10.7 Å². The zero-order valence-corrected chi connectivity index (χ0v) is 15.5. The highest BCUT2D eigenvalue weighted by molar-refractivity contribution is 7.90. The molecule has 1 fully saturated rings. The molecule has 2 aromatic rings. The van der Waals surface area contributed by atoms with E-state index in [9.17, 15) is 18.0 Å². The van der Waals surface area contributed by atoms with Crippen LogP contribution in [0.1, 0.15) is 21.7 Å². The number of nitrogens with one attached hydrogen (secondary N) is 2. The summed E-state index contributed by atoms with van der Waals surface area (Å²) >= 11 is 0. The molecule has 0 bridgehead atoms. The van der Waals surface area contributed by atoms with E-state index < -0.39 is 16.1 Å². The van der Waals surface area contributed by atoms with Crippen LogP contribution in [0.15, 0.2) is 35.2 Å². The van der Waals surface area contributed by atoms with E-state index in [4.69, 9.17) is 4.74 Å². The Morgan fingerprint density at radius 3 is 2.33 bits per heavy atom. The summed E-state index contributed by atoms with van der Waals surface area (Å²) in [6.07, 6.45) is 0. The van der Waals surface area contributed by atoms with Crippen molar-refractivity contribution in [2.24, 2.45) is 5.92 Å². The van der Waals surface area contributed by atoms with Gasteiger partial charge in [-0.1, -0.05) is 18.2 Å². The van der Waals surface area contributed by atoms with Gasteiger partial charge in [0.25, 0.3) is 10.0 Å². The summed E-state index contributed by atoms with van der Waals surface area (Å²) in [4.78, 5) is 32.3. The number of carbonyl (C=O) groups excluding carboxylic acids is 2. The zero-order chi connectivity index (χ0) is 19.6. The first kappa shape index (κ1) is 18.9. The van der Waals surface area contributed by atoms with E-state index in [1.165, 1.54) is 18.2 Å². The number of aryl methyl sites for hydroxylation is 2. The van der Waals surface area contributed by atoms with Crippen molar-refractivity contribution < 1.29 is 22.7 Å². The van der Waals surface area contributed by atoms with Crippen LogP contribution in [0.3, 0.4) is 0 Å². The van der Waals surface area contributed by atoms with Gasteiger partial charge in [0.1, 0.15) is 0 Å². The highest BCUT2D eigenvalue weighted by Crippen LogP contribution is 2.22. The molecule has 2 amide bonds. The molecule has 2 heterocycles. The molecule has 142 valence electrons. The summed E-state index contributed by atoms with van der Waals surface area (Å²) < 4.78 is 32.1. The molecule has 0 unspecified atom stereocenters. The molecule has 0 aliphatic carbocycles. The molecule has 1 aromatic carbocycles. The average Bonchev–Trinajstić information content (AvgIpc) is 2.51. The number of sulfonamides is 1. The first-order valence-electron chi connectivity index (χ1n) is 8.13. The highest BCUT2D eigenvalue weighted by Gasteiger charge is 2.32. The maximum atomic E-state index is 12.6. The van der Waals surface area contributed by atoms with E-state index in [0.29, 0.717) is 11.4 Å². The van der Waals surface area contributed by atoms with Crippen LogP contribution in [0.2, 0.25) is 0 Å². The fourth-order valence-electron chi connectivity index (χ4n) is 2.60. The van der Waals surface area contributed by atoms with Crippen LogP contribution in [-0.2, 0) is 14.8 Å². The van der Waals surface area contributed by atoms with Crippen molar-refractivity contribution in [1.29, 1.82) is 0 Å². The van der Waals surface area contributed by atoms with Gasteiger partial charge in [0, 0.05) is 17.0 Å². The van der Waals surface area contributed by atoms with Crippen molar-refractivity contribution >= 4 is 27.8 Å². The van der Waals surface area contributed by atoms with Crippen LogP contribution >= 0.6 is 0 Å². The number of urea groups is 1. The third-order valence-corrected chi connectivity index (χ3v) is 5.27. The zero-order valence-electron chi connectivity index (χ0n) is 14.7. The molecule has 2 N–H and O–H groups in total. The number of anilines is 1. The Balaban J connectivity index is 1.80. The lowest BCUT2D eigenvalue weighted by Crippen LogP contribution is -2.38. The number of aromatic nitrogens is 2. The molecule has 0 atom stereocenters. The standard InChI is InChI=1S/C17H18N4O5S/c1-10-7-11(2)19-16(18-10)20-17(23)21-27(24,25)14-6-4-3-5-13(14)15(22)12-8-26-9-12/h3-7,12H,8-9H2,1-2H3,(H2,18,19,20,21,23). The summed E-state index contributed by atoms with van der Waals surface area (Å²) in [5, 5.41) is 2.29. The molecule has 1 saturated heterocycles. The Kier molecular flexibility index (Phi) is 5.19. The molecular formula is C17H18N4O5S. The van der Waals surface area contributed by atoms with Crippen LogP contribution in [0.5, 0.6) is 0 Å². The van der Waals surface area contributed by atoms with E-state index in [0.717, 1.165) is 0 Å². The van der Waals surface area contributed by atoms with Gasteiger partial charge in [-0.3, -0.25) is 10.1 Å². The van der Waals surface area contributed by atoms with Gasteiger partial charge in [-0.05, 0) is 26.0 Å². The van der Waals surface area contributed by atoms with Crippen LogP contribution < -0.4 is 10.0 Å². The fraction of sp³-hybridized carbons (Fsp3) is 0.294. The van der Waals surface area contributed by atoms with Gasteiger partial charge in [0.05, 0.1) is 24.0 Å². The molecule has 9 nitrogen and oxygen atoms in total. The third-order valence-electron chi connectivity index (χ3n) is 3.89. The van der Waals surface area contributed by atoms with Crippen LogP contribution in [0.25, 0.3) is 0 Å². The number of hydrogen-bond acceptors (Lipinski definition) is 7. The lowest BCUT2D eigenvalue weighted by Gasteiger charge is -2.25. The molecule has 0 radical (unpaired) electrons. The Hall–Kier alpha value is -2.85. The highest BCUT2D eigenvalue weighted by atomic mass is 32.2. The molecular weight excluding hydrogens is 372 g/mol. The Labute approximate surface area is 156 Å². The summed E-state index contributed by atoms with van der Waals surface area (Å²) in [5.74, 6) is -0.727. The lowest BCUT2D eigenvalue weighted by atomic mass is 9.96. The molecule has 1 aliphatic heterocycles. The predicted molar refractivity (Wildman–Crippen MR) is 95.9 cm³/mol. The maximum Gasteiger partial charge on any atom is 0.335 e. The molecule has 1 aliphatic rings. The van der Waals surface area contributed by atoms with Crippen molar-refractivity contribution in [3.8, 4) is 0 Å². The number of benzene rings is 1. The quantitative estimate of drug-likeness (QED) is 0.739. The van der Waals surface area contributed by atoms with Crippen molar-refractivity contribution in [3.05, 3.63) is 47.3 Å². The van der Waals surface area contributed by atoms with Gasteiger partial charge in [0.15, 0.2) is 5.78 Å². The van der Waals surface area contributed by atoms with Gasteiger partial charge < -0.3 is 4.74 Å². The Morgan fingerprint density at radius 2 is 1.74 bits per heavy atom. The molecule has 1 aromatic heterocycles. The second-order valence-corrected chi connectivity index (χ2v) is 7.78. The van der Waals surface area contributed by atoms with Crippen molar-refractivity contribution in [3.63, 3.8) is 0 Å². The van der Waals surface area contributed by atoms with Crippen molar-refractivity contribution in [2.45, 2.75) is 18.7 Å². The van der Waals surface area contributed by atoms with Gasteiger partial charge >= 0.3 is 6.03 Å². The van der Waals surface area contributed by atoms with Crippen molar-refractivity contribution in [2.75, 3.05) is 18.5 Å².